The molecule has 0 aromatic heterocycles. The number of anilines is 1. The Balaban J connectivity index is 2.09. The summed E-state index contributed by atoms with van der Waals surface area (Å²) in [4.78, 5) is 25.6. The molecule has 0 spiro atoms. The van der Waals surface area contributed by atoms with Crippen LogP contribution in [0.1, 0.15) is 5.56 Å². The number of aromatic hydroxyl groups is 1. The van der Waals surface area contributed by atoms with Crippen molar-refractivity contribution in [2.45, 2.75) is 0 Å². The Morgan fingerprint density at radius 2 is 1.92 bits per heavy atom. The zero-order valence-electron chi connectivity index (χ0n) is 12.6. The van der Waals surface area contributed by atoms with E-state index >= 15 is 0 Å². The number of methoxy groups -OCH3 is 1. The lowest BCUT2D eigenvalue weighted by atomic mass is 10.1. The van der Waals surface area contributed by atoms with E-state index in [4.69, 9.17) is 4.74 Å². The monoisotopic (exact) mass is 388 g/mol. The van der Waals surface area contributed by atoms with E-state index in [1.165, 1.54) is 12.0 Å². The molecule has 1 saturated heterocycles. The number of halogens is 1. The summed E-state index contributed by atoms with van der Waals surface area (Å²) in [7, 11) is 1.43. The molecule has 2 aromatic carbocycles. The number of hydrogen-bond donors (Lipinski definition) is 2. The number of imide groups is 1. The SMILES string of the molecule is COc1cc(/C=C2\C(=O)NC(=O)N2c2ccccc2)cc(Br)c1O. The van der Waals surface area contributed by atoms with Gasteiger partial charge in [0.05, 0.1) is 17.3 Å². The van der Waals surface area contributed by atoms with Crippen LogP contribution in [-0.2, 0) is 4.79 Å². The van der Waals surface area contributed by atoms with Crippen LogP contribution in [0, 0.1) is 0 Å². The summed E-state index contributed by atoms with van der Waals surface area (Å²) in [6, 6.07) is 11.5. The van der Waals surface area contributed by atoms with Crippen LogP contribution in [0.4, 0.5) is 10.5 Å². The molecular formula is C17H13BrN2O4. The molecule has 1 heterocycles. The highest BCUT2D eigenvalue weighted by Crippen LogP contribution is 2.36. The van der Waals surface area contributed by atoms with Crippen molar-refractivity contribution >= 4 is 39.6 Å². The molecule has 7 heteroatoms. The number of phenols is 1. The van der Waals surface area contributed by atoms with Crippen LogP contribution in [0.15, 0.2) is 52.6 Å². The van der Waals surface area contributed by atoms with Gasteiger partial charge in [-0.25, -0.2) is 4.79 Å². The van der Waals surface area contributed by atoms with E-state index in [9.17, 15) is 14.7 Å². The van der Waals surface area contributed by atoms with Gasteiger partial charge >= 0.3 is 6.03 Å². The van der Waals surface area contributed by atoms with Crippen LogP contribution in [0.25, 0.3) is 6.08 Å². The normalized spacial score (nSPS) is 15.8. The number of benzene rings is 2. The number of amides is 3. The Kier molecular flexibility index (Phi) is 4.26. The predicted octanol–water partition coefficient (Wildman–Crippen LogP) is 3.26. The van der Waals surface area contributed by atoms with Crippen molar-refractivity contribution in [1.29, 1.82) is 0 Å². The van der Waals surface area contributed by atoms with E-state index in [2.05, 4.69) is 21.2 Å². The summed E-state index contributed by atoms with van der Waals surface area (Å²) in [6.45, 7) is 0. The first kappa shape index (κ1) is 16.1. The van der Waals surface area contributed by atoms with Gasteiger partial charge in [-0.3, -0.25) is 15.0 Å². The molecular weight excluding hydrogens is 376 g/mol. The van der Waals surface area contributed by atoms with Crippen molar-refractivity contribution < 1.29 is 19.4 Å². The summed E-state index contributed by atoms with van der Waals surface area (Å²) in [6.07, 6.45) is 1.56. The van der Waals surface area contributed by atoms with Gasteiger partial charge in [0.1, 0.15) is 5.70 Å². The van der Waals surface area contributed by atoms with Gasteiger partial charge in [-0.05, 0) is 51.8 Å². The van der Waals surface area contributed by atoms with E-state index < -0.39 is 11.9 Å². The summed E-state index contributed by atoms with van der Waals surface area (Å²) in [5.41, 5.74) is 1.36. The number of nitrogens with one attached hydrogen (secondary N) is 1. The second kappa shape index (κ2) is 6.37. The van der Waals surface area contributed by atoms with Crippen LogP contribution in [0.2, 0.25) is 0 Å². The lowest BCUT2D eigenvalue weighted by Gasteiger charge is -2.15. The van der Waals surface area contributed by atoms with E-state index in [0.717, 1.165) is 0 Å². The highest BCUT2D eigenvalue weighted by Gasteiger charge is 2.34. The van der Waals surface area contributed by atoms with Crippen LogP contribution in [-0.4, -0.2) is 24.2 Å². The maximum absolute atomic E-state index is 12.1. The van der Waals surface area contributed by atoms with E-state index in [1.807, 2.05) is 6.07 Å². The first-order chi connectivity index (χ1) is 11.5. The maximum Gasteiger partial charge on any atom is 0.333 e. The summed E-state index contributed by atoms with van der Waals surface area (Å²) >= 11 is 3.23. The number of nitrogens with zero attached hydrogens (tertiary/aromatic N) is 1. The van der Waals surface area contributed by atoms with E-state index in [-0.39, 0.29) is 17.2 Å². The first-order valence-corrected chi connectivity index (χ1v) is 7.79. The van der Waals surface area contributed by atoms with Gasteiger partial charge in [0.15, 0.2) is 11.5 Å². The first-order valence-electron chi connectivity index (χ1n) is 7.00. The molecule has 0 bridgehead atoms. The van der Waals surface area contributed by atoms with E-state index in [0.29, 0.717) is 15.7 Å². The zero-order chi connectivity index (χ0) is 17.3. The third-order valence-electron chi connectivity index (χ3n) is 3.49. The predicted molar refractivity (Wildman–Crippen MR) is 92.8 cm³/mol. The minimum Gasteiger partial charge on any atom is -0.503 e. The number of urea groups is 1. The average molecular weight is 389 g/mol. The van der Waals surface area contributed by atoms with Crippen molar-refractivity contribution in [3.05, 3.63) is 58.2 Å². The third kappa shape index (κ3) is 2.85. The minimum atomic E-state index is -0.512. The standard InChI is InChI=1S/C17H13BrN2O4/c1-24-14-9-10(7-12(18)15(14)21)8-13-16(22)19-17(23)20(13)11-5-3-2-4-6-11/h2-9,21H,1H3,(H,19,22,23)/b13-8+. The Bertz CT molecular complexity index is 849. The topological polar surface area (TPSA) is 78.9 Å². The zero-order valence-corrected chi connectivity index (χ0v) is 14.2. The fourth-order valence-corrected chi connectivity index (χ4v) is 2.84. The largest absolute Gasteiger partial charge is 0.503 e. The molecule has 3 rings (SSSR count). The third-order valence-corrected chi connectivity index (χ3v) is 4.09. The molecule has 2 N–H and O–H groups in total. The summed E-state index contributed by atoms with van der Waals surface area (Å²) < 4.78 is 5.52. The van der Waals surface area contributed by atoms with Gasteiger partial charge < -0.3 is 9.84 Å². The Morgan fingerprint density at radius 3 is 2.58 bits per heavy atom. The number of hydrogen-bond acceptors (Lipinski definition) is 4. The van der Waals surface area contributed by atoms with Crippen LogP contribution in [0.3, 0.4) is 0 Å². The Hall–Kier alpha value is -2.80. The Morgan fingerprint density at radius 1 is 1.21 bits per heavy atom. The van der Waals surface area contributed by atoms with Crippen LogP contribution in [0.5, 0.6) is 11.5 Å². The van der Waals surface area contributed by atoms with Crippen molar-refractivity contribution in [3.8, 4) is 11.5 Å². The average Bonchev–Trinajstić information content (AvgIpc) is 2.85. The molecule has 0 atom stereocenters. The number of carbonyl (C=O) groups excluding carboxylic acids is 2. The molecule has 1 aliphatic heterocycles. The maximum atomic E-state index is 12.1. The van der Waals surface area contributed by atoms with Gasteiger partial charge in [0.2, 0.25) is 0 Å². The number of phenolic OH excluding ortho intramolecular Hbond substituents is 1. The van der Waals surface area contributed by atoms with Crippen LogP contribution < -0.4 is 15.0 Å². The highest BCUT2D eigenvalue weighted by molar-refractivity contribution is 9.10. The molecule has 0 saturated carbocycles. The number of rotatable bonds is 3. The molecule has 0 radical (unpaired) electrons. The van der Waals surface area contributed by atoms with Crippen molar-refractivity contribution in [3.63, 3.8) is 0 Å². The highest BCUT2D eigenvalue weighted by atomic mass is 79.9. The summed E-state index contributed by atoms with van der Waals surface area (Å²) in [5, 5.41) is 12.1. The Labute approximate surface area is 146 Å². The molecule has 122 valence electrons. The van der Waals surface area contributed by atoms with Gasteiger partial charge in [-0.15, -0.1) is 0 Å². The second-order valence-corrected chi connectivity index (χ2v) is 5.87. The van der Waals surface area contributed by atoms with Gasteiger partial charge in [0.25, 0.3) is 5.91 Å². The van der Waals surface area contributed by atoms with Crippen molar-refractivity contribution in [1.82, 2.24) is 5.32 Å². The quantitative estimate of drug-likeness (QED) is 0.624. The molecule has 6 nitrogen and oxygen atoms in total. The lowest BCUT2D eigenvalue weighted by molar-refractivity contribution is -0.115. The van der Waals surface area contributed by atoms with Gasteiger partial charge in [0, 0.05) is 0 Å². The molecule has 1 fully saturated rings. The molecule has 0 aliphatic carbocycles. The summed E-state index contributed by atoms with van der Waals surface area (Å²) in [5.74, 6) is -0.272. The minimum absolute atomic E-state index is 0.0356. The molecule has 1 aliphatic rings. The molecule has 24 heavy (non-hydrogen) atoms. The van der Waals surface area contributed by atoms with Gasteiger partial charge in [-0.1, -0.05) is 18.2 Å². The number of para-hydroxylation sites is 1. The van der Waals surface area contributed by atoms with Crippen molar-refractivity contribution in [2.24, 2.45) is 0 Å². The van der Waals surface area contributed by atoms with Gasteiger partial charge in [-0.2, -0.15) is 0 Å². The van der Waals surface area contributed by atoms with Crippen molar-refractivity contribution in [2.75, 3.05) is 12.0 Å². The lowest BCUT2D eigenvalue weighted by Crippen LogP contribution is -2.27. The number of ether oxygens (including phenoxy) is 1. The fourth-order valence-electron chi connectivity index (χ4n) is 2.38. The smallest absolute Gasteiger partial charge is 0.333 e. The molecule has 2 aromatic rings. The van der Waals surface area contributed by atoms with Crippen LogP contribution >= 0.6 is 15.9 Å². The second-order valence-electron chi connectivity index (χ2n) is 5.01. The fraction of sp³-hybridized carbons (Fsp3) is 0.0588. The number of carbonyl (C=O) groups is 2. The van der Waals surface area contributed by atoms with E-state index in [1.54, 1.807) is 42.5 Å². The molecule has 3 amide bonds. The molecule has 0 unspecified atom stereocenters.